The molecule has 5 heteroatoms. The number of nitrogens with zero attached hydrogens (tertiary/aromatic N) is 2. The molecule has 0 amide bonds. The summed E-state index contributed by atoms with van der Waals surface area (Å²) < 4.78 is 0. The molecule has 0 saturated carbocycles. The zero-order valence-corrected chi connectivity index (χ0v) is 11.1. The molecule has 4 nitrogen and oxygen atoms in total. The van der Waals surface area contributed by atoms with E-state index in [1.54, 1.807) is 11.3 Å². The van der Waals surface area contributed by atoms with E-state index in [0.717, 1.165) is 28.7 Å². The maximum Gasteiger partial charge on any atom is 0.0795 e. The fourth-order valence-electron chi connectivity index (χ4n) is 2.07. The molecule has 1 unspecified atom stereocenters. The number of fused-ring (bicyclic) bond motifs is 1. The molecule has 19 heavy (non-hydrogen) atoms. The average Bonchev–Trinajstić information content (AvgIpc) is 2.98. The average molecular weight is 270 g/mol. The van der Waals surface area contributed by atoms with Crippen molar-refractivity contribution in [2.24, 2.45) is 5.84 Å². The van der Waals surface area contributed by atoms with Gasteiger partial charge >= 0.3 is 0 Å². The molecule has 3 N–H and O–H groups in total. The summed E-state index contributed by atoms with van der Waals surface area (Å²) >= 11 is 1.57. The fourth-order valence-corrected chi connectivity index (χ4v) is 2.68. The van der Waals surface area contributed by atoms with E-state index in [-0.39, 0.29) is 6.04 Å². The van der Waals surface area contributed by atoms with Gasteiger partial charge in [0, 0.05) is 22.9 Å². The minimum absolute atomic E-state index is 0.0000813. The first-order valence-corrected chi connectivity index (χ1v) is 7.00. The SMILES string of the molecule is NNC(Cc1ccc2ccccc2n1)c1cscn1. The number of nitrogens with two attached hydrogens (primary N) is 1. The van der Waals surface area contributed by atoms with Crippen LogP contribution in [-0.4, -0.2) is 9.97 Å². The topological polar surface area (TPSA) is 63.8 Å². The maximum atomic E-state index is 5.61. The third-order valence-electron chi connectivity index (χ3n) is 3.08. The van der Waals surface area contributed by atoms with Crippen LogP contribution in [0, 0.1) is 0 Å². The van der Waals surface area contributed by atoms with E-state index in [1.165, 1.54) is 0 Å². The van der Waals surface area contributed by atoms with Gasteiger partial charge in [-0.3, -0.25) is 16.3 Å². The number of nitrogens with one attached hydrogen (secondary N) is 1. The first-order chi connectivity index (χ1) is 9.36. The van der Waals surface area contributed by atoms with Crippen LogP contribution in [0.1, 0.15) is 17.4 Å². The lowest BCUT2D eigenvalue weighted by molar-refractivity contribution is 0.536. The van der Waals surface area contributed by atoms with Gasteiger partial charge in [0.05, 0.1) is 22.8 Å². The Morgan fingerprint density at radius 3 is 2.89 bits per heavy atom. The van der Waals surface area contributed by atoms with Gasteiger partial charge in [-0.25, -0.2) is 4.98 Å². The molecule has 0 spiro atoms. The summed E-state index contributed by atoms with van der Waals surface area (Å²) in [5.41, 5.74) is 7.60. The van der Waals surface area contributed by atoms with Crippen molar-refractivity contribution < 1.29 is 0 Å². The predicted octanol–water partition coefficient (Wildman–Crippen LogP) is 2.44. The first kappa shape index (κ1) is 12.2. The van der Waals surface area contributed by atoms with Crippen molar-refractivity contribution in [3.63, 3.8) is 0 Å². The quantitative estimate of drug-likeness (QED) is 0.564. The second-order valence-corrected chi connectivity index (χ2v) is 5.05. The zero-order chi connectivity index (χ0) is 13.1. The van der Waals surface area contributed by atoms with Crippen LogP contribution in [0.2, 0.25) is 0 Å². The summed E-state index contributed by atoms with van der Waals surface area (Å²) in [4.78, 5) is 8.95. The van der Waals surface area contributed by atoms with Crippen molar-refractivity contribution in [2.45, 2.75) is 12.5 Å². The molecular weight excluding hydrogens is 256 g/mol. The van der Waals surface area contributed by atoms with E-state index in [1.807, 2.05) is 35.2 Å². The Morgan fingerprint density at radius 2 is 2.11 bits per heavy atom. The van der Waals surface area contributed by atoms with Crippen LogP contribution in [0.15, 0.2) is 47.3 Å². The number of benzene rings is 1. The minimum atomic E-state index is -0.0000813. The van der Waals surface area contributed by atoms with Crippen molar-refractivity contribution in [3.8, 4) is 0 Å². The number of hydrogen-bond acceptors (Lipinski definition) is 5. The second-order valence-electron chi connectivity index (χ2n) is 4.33. The summed E-state index contributed by atoms with van der Waals surface area (Å²) in [5.74, 6) is 5.61. The van der Waals surface area contributed by atoms with Gasteiger partial charge in [0.25, 0.3) is 0 Å². The van der Waals surface area contributed by atoms with Gasteiger partial charge in [-0.2, -0.15) is 0 Å². The van der Waals surface area contributed by atoms with Crippen LogP contribution < -0.4 is 11.3 Å². The Labute approximate surface area is 115 Å². The van der Waals surface area contributed by atoms with E-state index >= 15 is 0 Å². The summed E-state index contributed by atoms with van der Waals surface area (Å²) in [5, 5.41) is 3.16. The van der Waals surface area contributed by atoms with E-state index in [0.29, 0.717) is 0 Å². The lowest BCUT2D eigenvalue weighted by Crippen LogP contribution is -2.30. The predicted molar refractivity (Wildman–Crippen MR) is 77.6 cm³/mol. The number of pyridine rings is 1. The van der Waals surface area contributed by atoms with E-state index < -0.39 is 0 Å². The minimum Gasteiger partial charge on any atom is -0.271 e. The van der Waals surface area contributed by atoms with Crippen LogP contribution in [0.4, 0.5) is 0 Å². The highest BCUT2D eigenvalue weighted by Gasteiger charge is 2.13. The lowest BCUT2D eigenvalue weighted by Gasteiger charge is -2.13. The molecule has 1 aromatic carbocycles. The number of aromatic nitrogens is 2. The monoisotopic (exact) mass is 270 g/mol. The molecule has 0 saturated heterocycles. The first-order valence-electron chi connectivity index (χ1n) is 6.05. The molecule has 3 aromatic rings. The van der Waals surface area contributed by atoms with Gasteiger partial charge in [0.2, 0.25) is 0 Å². The highest BCUT2D eigenvalue weighted by molar-refractivity contribution is 7.07. The fraction of sp³-hybridized carbons (Fsp3) is 0.143. The van der Waals surface area contributed by atoms with E-state index in [9.17, 15) is 0 Å². The van der Waals surface area contributed by atoms with Gasteiger partial charge < -0.3 is 0 Å². The van der Waals surface area contributed by atoms with Crippen molar-refractivity contribution in [2.75, 3.05) is 0 Å². The van der Waals surface area contributed by atoms with Gasteiger partial charge in [-0.05, 0) is 12.1 Å². The zero-order valence-electron chi connectivity index (χ0n) is 10.3. The van der Waals surface area contributed by atoms with Gasteiger partial charge in [0.1, 0.15) is 0 Å². The van der Waals surface area contributed by atoms with Crippen molar-refractivity contribution >= 4 is 22.2 Å². The van der Waals surface area contributed by atoms with Crippen LogP contribution in [0.3, 0.4) is 0 Å². The summed E-state index contributed by atoms with van der Waals surface area (Å²) in [7, 11) is 0. The van der Waals surface area contributed by atoms with Crippen LogP contribution in [-0.2, 0) is 6.42 Å². The Bertz CT molecular complexity index is 666. The number of hydrogen-bond donors (Lipinski definition) is 2. The molecule has 1 atom stereocenters. The molecule has 0 aliphatic carbocycles. The third kappa shape index (κ3) is 2.63. The van der Waals surface area contributed by atoms with E-state index in [4.69, 9.17) is 5.84 Å². The molecule has 3 rings (SSSR count). The molecule has 96 valence electrons. The highest BCUT2D eigenvalue weighted by atomic mass is 32.1. The van der Waals surface area contributed by atoms with E-state index in [2.05, 4.69) is 27.5 Å². The van der Waals surface area contributed by atoms with Crippen molar-refractivity contribution in [1.29, 1.82) is 0 Å². The number of para-hydroxylation sites is 1. The molecule has 0 fully saturated rings. The van der Waals surface area contributed by atoms with Crippen LogP contribution >= 0.6 is 11.3 Å². The van der Waals surface area contributed by atoms with Gasteiger partial charge in [-0.1, -0.05) is 24.3 Å². The molecule has 2 aromatic heterocycles. The third-order valence-corrected chi connectivity index (χ3v) is 3.68. The lowest BCUT2D eigenvalue weighted by atomic mass is 10.1. The van der Waals surface area contributed by atoms with Crippen molar-refractivity contribution in [1.82, 2.24) is 15.4 Å². The highest BCUT2D eigenvalue weighted by Crippen LogP contribution is 2.19. The summed E-state index contributed by atoms with van der Waals surface area (Å²) in [6.07, 6.45) is 0.727. The molecule has 0 aliphatic heterocycles. The number of thiazole rings is 1. The van der Waals surface area contributed by atoms with Crippen LogP contribution in [0.25, 0.3) is 10.9 Å². The summed E-state index contributed by atoms with van der Waals surface area (Å²) in [6.45, 7) is 0. The summed E-state index contributed by atoms with van der Waals surface area (Å²) in [6, 6.07) is 12.2. The van der Waals surface area contributed by atoms with Crippen molar-refractivity contribution in [3.05, 3.63) is 58.7 Å². The Morgan fingerprint density at radius 1 is 1.21 bits per heavy atom. The second kappa shape index (κ2) is 5.44. The molecule has 2 heterocycles. The van der Waals surface area contributed by atoms with Gasteiger partial charge in [-0.15, -0.1) is 11.3 Å². The molecule has 0 bridgehead atoms. The molecule has 0 aliphatic rings. The Balaban J connectivity index is 1.88. The Kier molecular flexibility index (Phi) is 3.50. The largest absolute Gasteiger partial charge is 0.271 e. The maximum absolute atomic E-state index is 5.61. The van der Waals surface area contributed by atoms with Crippen LogP contribution in [0.5, 0.6) is 0 Å². The normalized spacial score (nSPS) is 12.7. The molecular formula is C14H14N4S. The molecule has 0 radical (unpaired) electrons. The number of hydrazine groups is 1. The smallest absolute Gasteiger partial charge is 0.0795 e. The number of rotatable bonds is 4. The van der Waals surface area contributed by atoms with Gasteiger partial charge in [0.15, 0.2) is 0 Å². The standard InChI is InChI=1S/C14H14N4S/c15-18-13(14-8-19-9-16-14)7-11-6-5-10-3-1-2-4-12(10)17-11/h1-6,8-9,13,18H,7,15H2. The Hall–Kier alpha value is -1.82.